The number of fused-ring (bicyclic) bond motifs is 1. The number of nitrogens with zero attached hydrogens (tertiary/aromatic N) is 5. The van der Waals surface area contributed by atoms with E-state index in [2.05, 4.69) is 15.1 Å². The highest BCUT2D eigenvalue weighted by molar-refractivity contribution is 7.91. The molecule has 0 spiro atoms. The minimum absolute atomic E-state index is 0.0822. The molecular formula is C17H19N5O3S. The van der Waals surface area contributed by atoms with Crippen molar-refractivity contribution < 1.29 is 8.42 Å². The van der Waals surface area contributed by atoms with Crippen molar-refractivity contribution in [2.24, 2.45) is 7.05 Å². The van der Waals surface area contributed by atoms with Crippen molar-refractivity contribution in [3.8, 4) is 11.4 Å². The number of hydrogen-bond acceptors (Lipinski definition) is 6. The Morgan fingerprint density at radius 1 is 1.31 bits per heavy atom. The summed E-state index contributed by atoms with van der Waals surface area (Å²) in [6.45, 7) is 1.96. The van der Waals surface area contributed by atoms with Crippen LogP contribution in [0.3, 0.4) is 0 Å². The zero-order chi connectivity index (χ0) is 18.5. The summed E-state index contributed by atoms with van der Waals surface area (Å²) in [5.74, 6) is 1.54. The molecule has 1 aliphatic heterocycles. The fraction of sp³-hybridized carbons (Fsp3) is 0.412. The van der Waals surface area contributed by atoms with Crippen molar-refractivity contribution in [3.63, 3.8) is 0 Å². The van der Waals surface area contributed by atoms with Gasteiger partial charge in [0.2, 0.25) is 0 Å². The minimum atomic E-state index is -3.03. The summed E-state index contributed by atoms with van der Waals surface area (Å²) >= 11 is 0. The molecule has 9 heteroatoms. The summed E-state index contributed by atoms with van der Waals surface area (Å²) in [5.41, 5.74) is 1.24. The largest absolute Gasteiger partial charge is 0.302 e. The second-order valence-corrected chi connectivity index (χ2v) is 8.83. The topological polar surface area (TPSA) is 99.7 Å². The third-order valence-corrected chi connectivity index (χ3v) is 6.47. The lowest BCUT2D eigenvalue weighted by Gasteiger charge is -2.12. The highest BCUT2D eigenvalue weighted by atomic mass is 32.2. The number of rotatable bonds is 3. The molecule has 0 radical (unpaired) electrons. The normalized spacial score (nSPS) is 19.2. The van der Waals surface area contributed by atoms with Crippen molar-refractivity contribution in [2.45, 2.75) is 25.8 Å². The number of aryl methyl sites for hydroxylation is 2. The van der Waals surface area contributed by atoms with Gasteiger partial charge in [0, 0.05) is 19.0 Å². The first-order valence-electron chi connectivity index (χ1n) is 8.49. The monoisotopic (exact) mass is 373 g/mol. The Morgan fingerprint density at radius 3 is 2.81 bits per heavy atom. The third kappa shape index (κ3) is 2.82. The molecule has 136 valence electrons. The van der Waals surface area contributed by atoms with E-state index in [0.29, 0.717) is 35.4 Å². The molecule has 0 saturated carbocycles. The molecule has 4 rings (SSSR count). The van der Waals surface area contributed by atoms with Crippen LogP contribution in [0.15, 0.2) is 29.3 Å². The lowest BCUT2D eigenvalue weighted by Crippen LogP contribution is -2.17. The van der Waals surface area contributed by atoms with Crippen molar-refractivity contribution in [2.75, 3.05) is 11.5 Å². The summed E-state index contributed by atoms with van der Waals surface area (Å²) in [5, 5.41) is 5.05. The maximum Gasteiger partial charge on any atom is 0.260 e. The first kappa shape index (κ1) is 16.9. The van der Waals surface area contributed by atoms with Gasteiger partial charge < -0.3 is 4.57 Å². The van der Waals surface area contributed by atoms with Crippen LogP contribution in [0, 0.1) is 0 Å². The summed E-state index contributed by atoms with van der Waals surface area (Å²) in [6, 6.07) is 5.14. The number of aromatic nitrogens is 5. The van der Waals surface area contributed by atoms with E-state index in [9.17, 15) is 13.2 Å². The smallest absolute Gasteiger partial charge is 0.260 e. The van der Waals surface area contributed by atoms with E-state index < -0.39 is 9.84 Å². The number of benzene rings is 1. The van der Waals surface area contributed by atoms with Crippen LogP contribution in [0.1, 0.15) is 25.2 Å². The van der Waals surface area contributed by atoms with E-state index >= 15 is 0 Å². The molecule has 0 bridgehead atoms. The van der Waals surface area contributed by atoms with Gasteiger partial charge in [0.25, 0.3) is 5.56 Å². The minimum Gasteiger partial charge on any atom is -0.302 e. The maximum absolute atomic E-state index is 12.2. The predicted molar refractivity (Wildman–Crippen MR) is 97.7 cm³/mol. The van der Waals surface area contributed by atoms with E-state index in [1.165, 1.54) is 10.9 Å². The molecule has 0 N–H and O–H groups in total. The summed E-state index contributed by atoms with van der Waals surface area (Å²) in [4.78, 5) is 21.1. The Balaban J connectivity index is 1.85. The molecule has 3 heterocycles. The molecule has 1 saturated heterocycles. The maximum atomic E-state index is 12.2. The Bertz CT molecular complexity index is 1160. The lowest BCUT2D eigenvalue weighted by atomic mass is 10.1. The van der Waals surface area contributed by atoms with Crippen LogP contribution >= 0.6 is 0 Å². The standard InChI is InChI=1S/C17H19N5O3S/c1-3-15-19-16(22(20-15)12-6-7-26(24,25)9-12)11-4-5-13-14(8-11)18-10-21(2)17(13)23/h4-5,8,10,12H,3,6-7,9H2,1-2H3/t12-/m0/s1. The molecular weight excluding hydrogens is 354 g/mol. The van der Waals surface area contributed by atoms with Crippen molar-refractivity contribution >= 4 is 20.7 Å². The van der Waals surface area contributed by atoms with Gasteiger partial charge in [-0.3, -0.25) is 4.79 Å². The zero-order valence-corrected chi connectivity index (χ0v) is 15.4. The van der Waals surface area contributed by atoms with E-state index in [0.717, 1.165) is 5.56 Å². The average Bonchev–Trinajstić information content (AvgIpc) is 3.21. The molecule has 0 amide bonds. The lowest BCUT2D eigenvalue weighted by molar-refractivity contribution is 0.500. The van der Waals surface area contributed by atoms with Gasteiger partial charge in [-0.05, 0) is 18.6 Å². The van der Waals surface area contributed by atoms with E-state index in [1.807, 2.05) is 13.0 Å². The van der Waals surface area contributed by atoms with Gasteiger partial charge in [-0.2, -0.15) is 5.10 Å². The van der Waals surface area contributed by atoms with Crippen LogP contribution in [0.4, 0.5) is 0 Å². The van der Waals surface area contributed by atoms with E-state index in [1.54, 1.807) is 23.9 Å². The summed E-state index contributed by atoms with van der Waals surface area (Å²) in [7, 11) is -1.37. The summed E-state index contributed by atoms with van der Waals surface area (Å²) < 4.78 is 26.9. The Labute approximate surface area is 150 Å². The van der Waals surface area contributed by atoms with Gasteiger partial charge in [0.15, 0.2) is 21.5 Å². The van der Waals surface area contributed by atoms with Gasteiger partial charge in [-0.15, -0.1) is 0 Å². The quantitative estimate of drug-likeness (QED) is 0.682. The van der Waals surface area contributed by atoms with Crippen LogP contribution in [0.25, 0.3) is 22.3 Å². The van der Waals surface area contributed by atoms with Crippen molar-refractivity contribution in [3.05, 3.63) is 40.7 Å². The molecule has 0 aliphatic carbocycles. The van der Waals surface area contributed by atoms with Gasteiger partial charge in [-0.25, -0.2) is 23.1 Å². The van der Waals surface area contributed by atoms with Crippen molar-refractivity contribution in [1.82, 2.24) is 24.3 Å². The number of hydrogen-bond donors (Lipinski definition) is 0. The molecule has 0 unspecified atom stereocenters. The van der Waals surface area contributed by atoms with Crippen LogP contribution in [-0.4, -0.2) is 44.2 Å². The van der Waals surface area contributed by atoms with Crippen LogP contribution < -0.4 is 5.56 Å². The zero-order valence-electron chi connectivity index (χ0n) is 14.6. The number of sulfone groups is 1. The van der Waals surface area contributed by atoms with Crippen LogP contribution in [0.5, 0.6) is 0 Å². The summed E-state index contributed by atoms with van der Waals surface area (Å²) in [6.07, 6.45) is 2.68. The SMILES string of the molecule is CCc1nc(-c2ccc3c(=O)n(C)cnc3c2)n([C@H]2CCS(=O)(=O)C2)n1. The second kappa shape index (κ2) is 6.01. The van der Waals surface area contributed by atoms with Gasteiger partial charge in [0.1, 0.15) is 0 Å². The molecule has 1 aliphatic rings. The van der Waals surface area contributed by atoms with E-state index in [4.69, 9.17) is 0 Å². The van der Waals surface area contributed by atoms with E-state index in [-0.39, 0.29) is 23.1 Å². The van der Waals surface area contributed by atoms with Gasteiger partial charge in [0.05, 0.1) is 34.8 Å². The van der Waals surface area contributed by atoms with Gasteiger partial charge in [-0.1, -0.05) is 13.0 Å². The first-order valence-corrected chi connectivity index (χ1v) is 10.3. The molecule has 8 nitrogen and oxygen atoms in total. The fourth-order valence-electron chi connectivity index (χ4n) is 3.29. The van der Waals surface area contributed by atoms with Crippen molar-refractivity contribution in [1.29, 1.82) is 0 Å². The predicted octanol–water partition coefficient (Wildman–Crippen LogP) is 1.11. The third-order valence-electron chi connectivity index (χ3n) is 4.72. The molecule has 1 aromatic carbocycles. The first-order chi connectivity index (χ1) is 12.4. The van der Waals surface area contributed by atoms with Crippen LogP contribution in [-0.2, 0) is 23.3 Å². The Morgan fingerprint density at radius 2 is 2.12 bits per heavy atom. The second-order valence-electron chi connectivity index (χ2n) is 6.60. The van der Waals surface area contributed by atoms with Crippen LogP contribution in [0.2, 0.25) is 0 Å². The Kier molecular flexibility index (Phi) is 3.91. The Hall–Kier alpha value is -2.55. The molecule has 3 aromatic rings. The average molecular weight is 373 g/mol. The highest BCUT2D eigenvalue weighted by Crippen LogP contribution is 2.29. The molecule has 1 fully saturated rings. The molecule has 1 atom stereocenters. The molecule has 2 aromatic heterocycles. The molecule has 26 heavy (non-hydrogen) atoms. The fourth-order valence-corrected chi connectivity index (χ4v) is 4.98. The van der Waals surface area contributed by atoms with Gasteiger partial charge >= 0.3 is 0 Å². The highest BCUT2D eigenvalue weighted by Gasteiger charge is 2.32.